The molecule has 0 aromatic carbocycles. The second-order valence-electron chi connectivity index (χ2n) is 4.08. The number of nitrogens with two attached hydrogens (primary N) is 1. The summed E-state index contributed by atoms with van der Waals surface area (Å²) in [5.74, 6) is 0.115. The first-order valence-electron chi connectivity index (χ1n) is 5.84. The third-order valence-electron chi connectivity index (χ3n) is 2.94. The molecular weight excluding hydrogens is 206 g/mol. The highest BCUT2D eigenvalue weighted by Crippen LogP contribution is 2.06. The van der Waals surface area contributed by atoms with Crippen molar-refractivity contribution in [1.82, 2.24) is 25.8 Å². The smallest absolute Gasteiger partial charge is 0.218 e. The van der Waals surface area contributed by atoms with Crippen LogP contribution in [0.25, 0.3) is 0 Å². The number of hydrazine groups is 2. The van der Waals surface area contributed by atoms with Crippen molar-refractivity contribution in [2.24, 2.45) is 5.73 Å². The van der Waals surface area contributed by atoms with Gasteiger partial charge in [0, 0.05) is 52.4 Å². The molecule has 2 rings (SSSR count). The van der Waals surface area contributed by atoms with Crippen LogP contribution in [0.4, 0.5) is 0 Å². The van der Waals surface area contributed by atoms with E-state index in [4.69, 9.17) is 11.1 Å². The summed E-state index contributed by atoms with van der Waals surface area (Å²) in [5, 5.41) is 20.4. The molecule has 7 nitrogen and oxygen atoms in total. The maximum absolute atomic E-state index is 7.70. The summed E-state index contributed by atoms with van der Waals surface area (Å²) in [6.07, 6.45) is 0. The number of nitrogens with zero attached hydrogens (tertiary/aromatic N) is 3. The molecular formula is C9H21N7. The van der Waals surface area contributed by atoms with E-state index in [1.54, 1.807) is 0 Å². The molecule has 16 heavy (non-hydrogen) atoms. The molecule has 0 aromatic rings. The lowest BCUT2D eigenvalue weighted by Crippen LogP contribution is -2.65. The lowest BCUT2D eigenvalue weighted by atomic mass is 10.4. The Bertz CT molecular complexity index is 214. The monoisotopic (exact) mass is 227 g/mol. The summed E-state index contributed by atoms with van der Waals surface area (Å²) in [6, 6.07) is 0. The maximum atomic E-state index is 7.70. The van der Waals surface area contributed by atoms with E-state index in [0.29, 0.717) is 0 Å². The SMILES string of the molecule is N=C(N)N(N1CCNCC1)N1CCNCC1. The summed E-state index contributed by atoms with van der Waals surface area (Å²) < 4.78 is 0. The van der Waals surface area contributed by atoms with E-state index in [1.165, 1.54) is 0 Å². The lowest BCUT2D eigenvalue weighted by Gasteiger charge is -2.45. The molecule has 2 fully saturated rings. The van der Waals surface area contributed by atoms with Crippen LogP contribution in [0.3, 0.4) is 0 Å². The second-order valence-corrected chi connectivity index (χ2v) is 4.08. The van der Waals surface area contributed by atoms with Crippen molar-refractivity contribution in [1.29, 1.82) is 5.41 Å². The van der Waals surface area contributed by atoms with Crippen LogP contribution in [0.2, 0.25) is 0 Å². The Morgan fingerprint density at radius 2 is 1.31 bits per heavy atom. The summed E-state index contributed by atoms with van der Waals surface area (Å²) in [7, 11) is 0. The minimum Gasteiger partial charge on any atom is -0.368 e. The van der Waals surface area contributed by atoms with Gasteiger partial charge in [-0.2, -0.15) is 0 Å². The summed E-state index contributed by atoms with van der Waals surface area (Å²) >= 11 is 0. The molecule has 0 spiro atoms. The fourth-order valence-electron chi connectivity index (χ4n) is 2.17. The summed E-state index contributed by atoms with van der Waals surface area (Å²) in [4.78, 5) is 0. The van der Waals surface area contributed by atoms with Crippen molar-refractivity contribution in [2.75, 3.05) is 52.4 Å². The molecule has 0 amide bonds. The first-order chi connectivity index (χ1) is 7.79. The van der Waals surface area contributed by atoms with Crippen molar-refractivity contribution in [2.45, 2.75) is 0 Å². The van der Waals surface area contributed by atoms with Crippen molar-refractivity contribution in [3.63, 3.8) is 0 Å². The topological polar surface area (TPSA) is 83.7 Å². The fraction of sp³-hybridized carbons (Fsp3) is 0.889. The normalized spacial score (nSPS) is 24.2. The van der Waals surface area contributed by atoms with Crippen LogP contribution in [0.15, 0.2) is 0 Å². The van der Waals surface area contributed by atoms with Gasteiger partial charge in [-0.15, -0.1) is 0 Å². The number of hydrogen-bond acceptors (Lipinski definition) is 5. The maximum Gasteiger partial charge on any atom is 0.218 e. The van der Waals surface area contributed by atoms with Crippen LogP contribution >= 0.6 is 0 Å². The van der Waals surface area contributed by atoms with E-state index < -0.39 is 0 Å². The Morgan fingerprint density at radius 1 is 0.938 bits per heavy atom. The van der Waals surface area contributed by atoms with Gasteiger partial charge in [0.15, 0.2) is 0 Å². The number of guanidine groups is 1. The average molecular weight is 227 g/mol. The summed E-state index contributed by atoms with van der Waals surface area (Å²) in [6.45, 7) is 7.44. The van der Waals surface area contributed by atoms with Gasteiger partial charge >= 0.3 is 0 Å². The molecule has 2 aliphatic rings. The van der Waals surface area contributed by atoms with Gasteiger partial charge in [0.25, 0.3) is 0 Å². The largest absolute Gasteiger partial charge is 0.368 e. The Kier molecular flexibility index (Phi) is 3.94. The van der Waals surface area contributed by atoms with Gasteiger partial charge in [-0.1, -0.05) is 0 Å². The first-order valence-corrected chi connectivity index (χ1v) is 5.84. The second kappa shape index (κ2) is 5.44. The minimum absolute atomic E-state index is 0.115. The average Bonchev–Trinajstić information content (AvgIpc) is 2.31. The highest BCUT2D eigenvalue weighted by Gasteiger charge is 2.26. The third-order valence-corrected chi connectivity index (χ3v) is 2.94. The van der Waals surface area contributed by atoms with E-state index in [0.717, 1.165) is 52.4 Å². The Hall–Kier alpha value is -0.890. The third kappa shape index (κ3) is 2.62. The minimum atomic E-state index is 0.115. The number of rotatable bonds is 2. The number of hydrogen-bond donors (Lipinski definition) is 4. The van der Waals surface area contributed by atoms with Gasteiger partial charge < -0.3 is 16.4 Å². The highest BCUT2D eigenvalue weighted by atomic mass is 15.9. The Morgan fingerprint density at radius 3 is 1.62 bits per heavy atom. The highest BCUT2D eigenvalue weighted by molar-refractivity contribution is 5.73. The van der Waals surface area contributed by atoms with Crippen molar-refractivity contribution < 1.29 is 0 Å². The molecule has 5 N–H and O–H groups in total. The fourth-order valence-corrected chi connectivity index (χ4v) is 2.17. The predicted octanol–water partition coefficient (Wildman–Crippen LogP) is -2.18. The van der Waals surface area contributed by atoms with E-state index >= 15 is 0 Å². The number of nitrogens with one attached hydrogen (secondary N) is 3. The van der Waals surface area contributed by atoms with Crippen molar-refractivity contribution in [3.05, 3.63) is 0 Å². The molecule has 2 saturated heterocycles. The van der Waals surface area contributed by atoms with Gasteiger partial charge in [-0.25, -0.2) is 15.1 Å². The molecule has 0 bridgehead atoms. The molecule has 92 valence electrons. The van der Waals surface area contributed by atoms with Gasteiger partial charge in [-0.3, -0.25) is 5.41 Å². The van der Waals surface area contributed by atoms with Crippen LogP contribution in [0.5, 0.6) is 0 Å². The molecule has 0 atom stereocenters. The molecule has 2 heterocycles. The zero-order valence-corrected chi connectivity index (χ0v) is 9.58. The van der Waals surface area contributed by atoms with Crippen LogP contribution in [0.1, 0.15) is 0 Å². The lowest BCUT2D eigenvalue weighted by molar-refractivity contribution is -0.136. The van der Waals surface area contributed by atoms with Gasteiger partial charge in [0.05, 0.1) is 0 Å². The van der Waals surface area contributed by atoms with Crippen LogP contribution in [-0.2, 0) is 0 Å². The standard InChI is InChI=1S/C9H21N7/c10-9(11)16(14-5-1-12-2-6-14)15-7-3-13-4-8-15/h12-13H,1-8H2,(H3,10,11). The van der Waals surface area contributed by atoms with Crippen LogP contribution in [-0.4, -0.2) is 73.5 Å². The molecule has 2 aliphatic heterocycles. The van der Waals surface area contributed by atoms with Crippen molar-refractivity contribution in [3.8, 4) is 0 Å². The zero-order chi connectivity index (χ0) is 11.4. The molecule has 7 heteroatoms. The van der Waals surface area contributed by atoms with E-state index in [9.17, 15) is 0 Å². The van der Waals surface area contributed by atoms with Gasteiger partial charge in [0.2, 0.25) is 5.96 Å². The predicted molar refractivity (Wildman–Crippen MR) is 62.6 cm³/mol. The first kappa shape index (κ1) is 11.6. The van der Waals surface area contributed by atoms with E-state index in [1.807, 2.05) is 5.12 Å². The molecule has 0 saturated carbocycles. The van der Waals surface area contributed by atoms with Crippen LogP contribution in [0, 0.1) is 5.41 Å². The molecule has 0 unspecified atom stereocenters. The molecule has 0 aliphatic carbocycles. The van der Waals surface area contributed by atoms with Gasteiger partial charge in [-0.05, 0) is 0 Å². The van der Waals surface area contributed by atoms with Gasteiger partial charge in [0.1, 0.15) is 0 Å². The summed E-state index contributed by atoms with van der Waals surface area (Å²) in [5.41, 5.74) is 5.68. The quantitative estimate of drug-likeness (QED) is 0.317. The number of piperazine rings is 2. The zero-order valence-electron chi connectivity index (χ0n) is 9.58. The molecule has 0 aromatic heterocycles. The van der Waals surface area contributed by atoms with E-state index in [-0.39, 0.29) is 5.96 Å². The van der Waals surface area contributed by atoms with Crippen LogP contribution < -0.4 is 16.4 Å². The Labute approximate surface area is 96.0 Å². The van der Waals surface area contributed by atoms with Crippen molar-refractivity contribution >= 4 is 5.96 Å². The Balaban J connectivity index is 1.99. The van der Waals surface area contributed by atoms with E-state index in [2.05, 4.69) is 20.7 Å². The molecule has 0 radical (unpaired) electrons.